The Hall–Kier alpha value is -1.38. The van der Waals surface area contributed by atoms with Crippen LogP contribution in [0.25, 0.3) is 0 Å². The Kier molecular flexibility index (Phi) is 3.36. The third-order valence-electron chi connectivity index (χ3n) is 2.58. The summed E-state index contributed by atoms with van der Waals surface area (Å²) in [5, 5.41) is 11.0. The average molecular weight is 220 g/mol. The highest BCUT2D eigenvalue weighted by atomic mass is 16.6. The van der Waals surface area contributed by atoms with Gasteiger partial charge < -0.3 is 0 Å². The van der Waals surface area contributed by atoms with Crippen LogP contribution in [-0.4, -0.2) is 4.92 Å². The summed E-state index contributed by atoms with van der Waals surface area (Å²) in [6.07, 6.45) is 0. The lowest BCUT2D eigenvalue weighted by Crippen LogP contribution is -2.14. The van der Waals surface area contributed by atoms with Crippen LogP contribution in [0, 0.1) is 16.0 Å². The second-order valence-corrected chi connectivity index (χ2v) is 5.24. The quantitative estimate of drug-likeness (QED) is 0.561. The summed E-state index contributed by atoms with van der Waals surface area (Å²) in [5.74, 6) is 1.09. The Bertz CT molecular complexity index is 403. The molecular weight excluding hydrogens is 202 g/mol. The van der Waals surface area contributed by atoms with Crippen molar-refractivity contribution in [1.82, 2.24) is 0 Å². The molecule has 0 saturated heterocycles. The topological polar surface area (TPSA) is 43.1 Å². The van der Waals surface area contributed by atoms with Gasteiger partial charge in [-0.1, -0.05) is 46.8 Å². The molecule has 0 aromatic heterocycles. The molecule has 1 aromatic carbocycles. The first-order valence-corrected chi connectivity index (χ1v) is 5.33. The Balaban J connectivity index is 3.37. The van der Waals surface area contributed by atoms with E-state index in [4.69, 9.17) is 0 Å². The van der Waals surface area contributed by atoms with Crippen LogP contribution < -0.4 is 0 Å². The van der Waals surface area contributed by atoms with E-state index in [1.54, 1.807) is 6.07 Å². The van der Waals surface area contributed by atoms with Crippen molar-refractivity contribution in [3.63, 3.8) is 0 Å². The first kappa shape index (κ1) is 12.7. The van der Waals surface area contributed by atoms with Crippen LogP contribution in [0.1, 0.15) is 45.7 Å². The monoisotopic (exact) mass is 220 g/mol. The molecule has 16 heavy (non-hydrogen) atoms. The van der Waals surface area contributed by atoms with Crippen molar-refractivity contribution in [2.75, 3.05) is 0 Å². The molecule has 0 spiro atoms. The van der Waals surface area contributed by atoms with Gasteiger partial charge in [0.15, 0.2) is 0 Å². The van der Waals surface area contributed by atoms with Gasteiger partial charge in [-0.15, -0.1) is 0 Å². The van der Waals surface area contributed by atoms with E-state index >= 15 is 0 Å². The number of nitro benzene ring substituents is 1. The van der Waals surface area contributed by atoms with Crippen molar-refractivity contribution in [3.05, 3.63) is 45.4 Å². The predicted molar refractivity (Wildman–Crippen MR) is 65.5 cm³/mol. The molecule has 0 N–H and O–H groups in total. The van der Waals surface area contributed by atoms with E-state index in [2.05, 4.69) is 0 Å². The zero-order valence-corrected chi connectivity index (χ0v) is 10.5. The minimum Gasteiger partial charge on any atom is -0.258 e. The largest absolute Gasteiger partial charge is 0.273 e. The van der Waals surface area contributed by atoms with E-state index < -0.39 is 0 Å². The van der Waals surface area contributed by atoms with Crippen LogP contribution in [0.5, 0.6) is 0 Å². The number of nitro groups is 1. The van der Waals surface area contributed by atoms with Gasteiger partial charge in [-0.05, 0) is 16.9 Å². The smallest absolute Gasteiger partial charge is 0.258 e. The highest BCUT2D eigenvalue weighted by Crippen LogP contribution is 2.33. The molecule has 0 aliphatic heterocycles. The Morgan fingerprint density at radius 3 is 2.19 bits per heavy atom. The Morgan fingerprint density at radius 2 is 1.81 bits per heavy atom. The van der Waals surface area contributed by atoms with E-state index in [1.807, 2.05) is 46.8 Å². The molecule has 1 rings (SSSR count). The minimum absolute atomic E-state index is 0.206. The van der Waals surface area contributed by atoms with Crippen LogP contribution in [0.15, 0.2) is 18.2 Å². The van der Waals surface area contributed by atoms with Gasteiger partial charge in [0.25, 0.3) is 5.69 Å². The van der Waals surface area contributed by atoms with Gasteiger partial charge in [-0.25, -0.2) is 0 Å². The van der Waals surface area contributed by atoms with E-state index in [1.165, 1.54) is 0 Å². The fourth-order valence-electron chi connectivity index (χ4n) is 1.63. The first-order chi connectivity index (χ1) is 7.23. The average Bonchev–Trinajstić information content (AvgIpc) is 2.15. The molecule has 1 aromatic rings. The van der Waals surface area contributed by atoms with Gasteiger partial charge in [0.1, 0.15) is 0 Å². The molecule has 0 unspecified atom stereocenters. The van der Waals surface area contributed by atoms with Gasteiger partial charge in [-0.2, -0.15) is 0 Å². The van der Waals surface area contributed by atoms with Gasteiger partial charge in [-0.3, -0.25) is 10.1 Å². The molecule has 0 fully saturated rings. The maximum Gasteiger partial charge on any atom is 0.273 e. The van der Waals surface area contributed by atoms with Crippen molar-refractivity contribution in [2.24, 2.45) is 0 Å². The van der Waals surface area contributed by atoms with Crippen molar-refractivity contribution >= 4 is 5.69 Å². The number of rotatable bonds is 2. The van der Waals surface area contributed by atoms with Gasteiger partial charge in [0.05, 0.1) is 4.92 Å². The summed E-state index contributed by atoms with van der Waals surface area (Å²) in [5.41, 5.74) is 1.72. The molecule has 87 valence electrons. The molecule has 0 bridgehead atoms. The molecule has 3 nitrogen and oxygen atoms in total. The zero-order chi connectivity index (χ0) is 12.5. The van der Waals surface area contributed by atoms with Crippen molar-refractivity contribution in [2.45, 2.75) is 40.0 Å². The van der Waals surface area contributed by atoms with Crippen LogP contribution in [0.4, 0.5) is 5.69 Å². The summed E-state index contributed by atoms with van der Waals surface area (Å²) < 4.78 is 0. The second-order valence-electron chi connectivity index (χ2n) is 5.24. The van der Waals surface area contributed by atoms with Crippen molar-refractivity contribution in [1.29, 1.82) is 0 Å². The van der Waals surface area contributed by atoms with Crippen LogP contribution in [-0.2, 0) is 5.41 Å². The zero-order valence-electron chi connectivity index (χ0n) is 10.5. The lowest BCUT2D eigenvalue weighted by Gasteiger charge is -2.19. The van der Waals surface area contributed by atoms with Gasteiger partial charge >= 0.3 is 0 Å². The Labute approximate surface area is 96.6 Å². The molecule has 0 saturated carbocycles. The van der Waals surface area contributed by atoms with E-state index in [9.17, 15) is 10.1 Å². The van der Waals surface area contributed by atoms with Crippen molar-refractivity contribution in [3.8, 4) is 0 Å². The fraction of sp³-hybridized carbons (Fsp3) is 0.462. The second kappa shape index (κ2) is 4.24. The molecule has 1 radical (unpaired) electrons. The van der Waals surface area contributed by atoms with Crippen LogP contribution in [0.3, 0.4) is 0 Å². The summed E-state index contributed by atoms with van der Waals surface area (Å²) in [6, 6.07) is 5.47. The summed E-state index contributed by atoms with van der Waals surface area (Å²) in [6.45, 7) is 9.86. The van der Waals surface area contributed by atoms with E-state index in [-0.39, 0.29) is 16.0 Å². The third kappa shape index (κ3) is 2.60. The van der Waals surface area contributed by atoms with E-state index in [0.29, 0.717) is 0 Å². The number of hydrogen-bond donors (Lipinski definition) is 0. The molecule has 0 aliphatic rings. The summed E-state index contributed by atoms with van der Waals surface area (Å²) in [4.78, 5) is 10.7. The van der Waals surface area contributed by atoms with Gasteiger partial charge in [0.2, 0.25) is 0 Å². The highest BCUT2D eigenvalue weighted by Gasteiger charge is 2.25. The lowest BCUT2D eigenvalue weighted by molar-refractivity contribution is -0.386. The van der Waals surface area contributed by atoms with Crippen molar-refractivity contribution < 1.29 is 4.92 Å². The summed E-state index contributed by atoms with van der Waals surface area (Å²) in [7, 11) is 0. The predicted octanol–water partition coefficient (Wildman–Crippen LogP) is 3.85. The SMILES string of the molecule is C[C](C)c1ccc(C(C)(C)C)c([N+](=O)[O-])c1. The molecule has 0 atom stereocenters. The first-order valence-electron chi connectivity index (χ1n) is 5.33. The third-order valence-corrected chi connectivity index (χ3v) is 2.58. The minimum atomic E-state index is -0.299. The molecule has 0 amide bonds. The molecule has 3 heteroatoms. The normalized spacial score (nSPS) is 11.9. The number of benzene rings is 1. The molecule has 0 aliphatic carbocycles. The maximum absolute atomic E-state index is 11.0. The maximum atomic E-state index is 11.0. The highest BCUT2D eigenvalue weighted by molar-refractivity contribution is 5.49. The fourth-order valence-corrected chi connectivity index (χ4v) is 1.63. The number of nitrogens with zero attached hydrogens (tertiary/aromatic N) is 1. The van der Waals surface area contributed by atoms with Crippen LogP contribution in [0.2, 0.25) is 0 Å². The molecule has 0 heterocycles. The Morgan fingerprint density at radius 1 is 1.25 bits per heavy atom. The summed E-state index contributed by atoms with van der Waals surface area (Å²) >= 11 is 0. The molecular formula is C13H18NO2. The standard InChI is InChI=1S/C13H18NO2/c1-9(2)10-6-7-11(13(3,4)5)12(8-10)14(15)16/h6-8H,1-5H3. The number of hydrogen-bond acceptors (Lipinski definition) is 2. The van der Waals surface area contributed by atoms with Crippen LogP contribution >= 0.6 is 0 Å². The lowest BCUT2D eigenvalue weighted by atomic mass is 9.84. The van der Waals surface area contributed by atoms with Gasteiger partial charge in [0, 0.05) is 11.6 Å². The van der Waals surface area contributed by atoms with E-state index in [0.717, 1.165) is 17.0 Å².